The average Bonchev–Trinajstić information content (AvgIpc) is 3.16. The zero-order valence-electron chi connectivity index (χ0n) is 15.2. The van der Waals surface area contributed by atoms with E-state index in [9.17, 15) is 0 Å². The van der Waals surface area contributed by atoms with Crippen molar-refractivity contribution >= 4 is 11.6 Å². The molecule has 4 nitrogen and oxygen atoms in total. The minimum atomic E-state index is 0. The Morgan fingerprint density at radius 1 is 0.857 bits per heavy atom. The summed E-state index contributed by atoms with van der Waals surface area (Å²) in [5, 5.41) is 4.14. The van der Waals surface area contributed by atoms with Crippen molar-refractivity contribution < 1.29 is 26.6 Å². The van der Waals surface area contributed by atoms with E-state index in [4.69, 9.17) is 25.8 Å². The first-order valence-electron chi connectivity index (χ1n) is 8.82. The fraction of sp³-hybridized carbons (Fsp3) is 0.182. The highest BCUT2D eigenvalue weighted by Gasteiger charge is 2.13. The molecule has 0 bridgehead atoms. The van der Waals surface area contributed by atoms with Crippen LogP contribution in [-0.2, 0) is 19.7 Å². The van der Waals surface area contributed by atoms with Crippen molar-refractivity contribution in [2.75, 3.05) is 6.79 Å². The highest BCUT2D eigenvalue weighted by atomic mass is 35.5. The highest BCUT2D eigenvalue weighted by molar-refractivity contribution is 6.30. The molecule has 0 radical (unpaired) electrons. The van der Waals surface area contributed by atoms with Gasteiger partial charge in [-0.05, 0) is 41.5 Å². The van der Waals surface area contributed by atoms with Crippen LogP contribution in [0.5, 0.6) is 17.2 Å². The maximum atomic E-state index is 6.18. The van der Waals surface area contributed by atoms with Gasteiger partial charge in [0.1, 0.15) is 12.4 Å². The van der Waals surface area contributed by atoms with Gasteiger partial charge < -0.3 is 31.9 Å². The summed E-state index contributed by atoms with van der Waals surface area (Å²) in [6.45, 7) is 2.18. The van der Waals surface area contributed by atoms with Gasteiger partial charge in [0.25, 0.3) is 0 Å². The number of ether oxygens (including phenoxy) is 3. The second-order valence-corrected chi connectivity index (χ2v) is 6.75. The zero-order chi connectivity index (χ0) is 18.5. The van der Waals surface area contributed by atoms with Gasteiger partial charge >= 0.3 is 0 Å². The van der Waals surface area contributed by atoms with Gasteiger partial charge in [-0.2, -0.15) is 0 Å². The molecule has 0 amide bonds. The molecular weight excluding hydrogens is 397 g/mol. The topological polar surface area (TPSA) is 39.7 Å². The van der Waals surface area contributed by atoms with Crippen molar-refractivity contribution in [1.29, 1.82) is 0 Å². The molecule has 0 aromatic heterocycles. The van der Waals surface area contributed by atoms with Crippen LogP contribution < -0.4 is 31.9 Å². The van der Waals surface area contributed by atoms with E-state index in [1.165, 1.54) is 0 Å². The predicted molar refractivity (Wildman–Crippen MR) is 105 cm³/mol. The minimum absolute atomic E-state index is 0. The molecule has 3 aromatic carbocycles. The Morgan fingerprint density at radius 3 is 2.54 bits per heavy atom. The van der Waals surface area contributed by atoms with Crippen LogP contribution >= 0.6 is 11.6 Å². The fourth-order valence-corrected chi connectivity index (χ4v) is 3.15. The van der Waals surface area contributed by atoms with Crippen molar-refractivity contribution in [3.8, 4) is 17.2 Å². The third-order valence-corrected chi connectivity index (χ3v) is 4.58. The van der Waals surface area contributed by atoms with Crippen molar-refractivity contribution in [3.63, 3.8) is 0 Å². The molecule has 1 N–H and O–H groups in total. The third kappa shape index (κ3) is 5.10. The van der Waals surface area contributed by atoms with E-state index in [0.29, 0.717) is 24.7 Å². The second-order valence-electron chi connectivity index (χ2n) is 6.32. The normalized spacial score (nSPS) is 11.8. The van der Waals surface area contributed by atoms with E-state index < -0.39 is 0 Å². The molecule has 4 rings (SSSR count). The Hall–Kier alpha value is -2.40. The van der Waals surface area contributed by atoms with E-state index >= 15 is 0 Å². The van der Waals surface area contributed by atoms with Crippen molar-refractivity contribution in [3.05, 3.63) is 88.4 Å². The predicted octanol–water partition coefficient (Wildman–Crippen LogP) is 1.94. The number of halogens is 2. The summed E-state index contributed by atoms with van der Waals surface area (Å²) >= 11 is 6.18. The molecule has 0 unspecified atom stereocenters. The highest BCUT2D eigenvalue weighted by Crippen LogP contribution is 2.32. The van der Waals surface area contributed by atoms with Crippen LogP contribution in [0.15, 0.2) is 66.7 Å². The first-order chi connectivity index (χ1) is 13.3. The molecule has 0 saturated carbocycles. The number of fused-ring (bicyclic) bond motifs is 1. The van der Waals surface area contributed by atoms with Crippen LogP contribution in [0.4, 0.5) is 0 Å². The summed E-state index contributed by atoms with van der Waals surface area (Å²) in [5.41, 5.74) is 3.29. The summed E-state index contributed by atoms with van der Waals surface area (Å²) < 4.78 is 16.8. The van der Waals surface area contributed by atoms with E-state index in [-0.39, 0.29) is 19.2 Å². The second kappa shape index (κ2) is 9.69. The first kappa shape index (κ1) is 20.3. The maximum Gasteiger partial charge on any atom is 0.231 e. The Kier molecular flexibility index (Phi) is 7.04. The number of hydrogen-bond acceptors (Lipinski definition) is 4. The number of hydrogen-bond donors (Lipinski definition) is 1. The lowest BCUT2D eigenvalue weighted by molar-refractivity contribution is -0.00000719. The van der Waals surface area contributed by atoms with Gasteiger partial charge in [0.05, 0.1) is 0 Å². The van der Waals surface area contributed by atoms with E-state index in [1.54, 1.807) is 0 Å². The Bertz CT molecular complexity index is 919. The third-order valence-electron chi connectivity index (χ3n) is 4.34. The van der Waals surface area contributed by atoms with Crippen LogP contribution in [0.1, 0.15) is 16.7 Å². The molecule has 146 valence electrons. The number of nitrogens with one attached hydrogen (secondary N) is 1. The van der Waals surface area contributed by atoms with Gasteiger partial charge in [0.2, 0.25) is 6.79 Å². The molecule has 0 atom stereocenters. The molecular formula is C22H20Cl2NO3-. The summed E-state index contributed by atoms with van der Waals surface area (Å²) in [4.78, 5) is 0. The van der Waals surface area contributed by atoms with Gasteiger partial charge in [-0.15, -0.1) is 0 Å². The molecule has 0 spiro atoms. The average molecular weight is 417 g/mol. The smallest absolute Gasteiger partial charge is 0.231 e. The molecule has 1 heterocycles. The molecule has 0 saturated heterocycles. The van der Waals surface area contributed by atoms with Crippen molar-refractivity contribution in [1.82, 2.24) is 5.32 Å². The molecule has 0 fully saturated rings. The summed E-state index contributed by atoms with van der Waals surface area (Å²) in [6, 6.07) is 21.8. The number of rotatable bonds is 7. The summed E-state index contributed by atoms with van der Waals surface area (Å²) in [5.74, 6) is 2.43. The van der Waals surface area contributed by atoms with Crippen molar-refractivity contribution in [2.45, 2.75) is 19.7 Å². The lowest BCUT2D eigenvalue weighted by atomic mass is 10.1. The SMILES string of the molecule is Clc1ccc(OCc2ccccc2)c(CNCc2ccc3c(c2)OCO3)c1.[Cl-]. The molecule has 1 aliphatic rings. The van der Waals surface area contributed by atoms with Gasteiger partial charge in [-0.25, -0.2) is 0 Å². The maximum absolute atomic E-state index is 6.18. The largest absolute Gasteiger partial charge is 1.00 e. The van der Waals surface area contributed by atoms with Crippen LogP contribution in [0.3, 0.4) is 0 Å². The molecule has 28 heavy (non-hydrogen) atoms. The van der Waals surface area contributed by atoms with E-state index in [1.807, 2.05) is 66.7 Å². The van der Waals surface area contributed by atoms with E-state index in [0.717, 1.165) is 33.9 Å². The van der Waals surface area contributed by atoms with Crippen molar-refractivity contribution in [2.24, 2.45) is 0 Å². The monoisotopic (exact) mass is 416 g/mol. The summed E-state index contributed by atoms with van der Waals surface area (Å²) in [6.07, 6.45) is 0. The fourth-order valence-electron chi connectivity index (χ4n) is 2.95. The Morgan fingerprint density at radius 2 is 1.68 bits per heavy atom. The molecule has 0 aliphatic carbocycles. The van der Waals surface area contributed by atoms with Crippen LogP contribution in [0, 0.1) is 0 Å². The Labute approximate surface area is 175 Å². The van der Waals surface area contributed by atoms with Gasteiger partial charge in [-0.3, -0.25) is 0 Å². The Balaban J connectivity index is 0.00000225. The quantitative estimate of drug-likeness (QED) is 0.638. The zero-order valence-corrected chi connectivity index (χ0v) is 16.7. The van der Waals surface area contributed by atoms with Gasteiger partial charge in [-0.1, -0.05) is 48.0 Å². The van der Waals surface area contributed by atoms with Crippen LogP contribution in [0.2, 0.25) is 5.02 Å². The summed E-state index contributed by atoms with van der Waals surface area (Å²) in [7, 11) is 0. The number of benzene rings is 3. The standard InChI is InChI=1S/C22H20ClNO3.ClH/c23-19-7-9-20(25-14-16-4-2-1-3-5-16)18(11-19)13-24-12-17-6-8-21-22(10-17)27-15-26-21;/h1-11,24H,12-15H2;1H/p-1. The molecule has 3 aromatic rings. The minimum Gasteiger partial charge on any atom is -1.00 e. The van der Waals surface area contributed by atoms with Crippen LogP contribution in [-0.4, -0.2) is 6.79 Å². The first-order valence-corrected chi connectivity index (χ1v) is 9.20. The van der Waals surface area contributed by atoms with Gasteiger partial charge in [0, 0.05) is 23.7 Å². The lowest BCUT2D eigenvalue weighted by Crippen LogP contribution is -3.00. The van der Waals surface area contributed by atoms with Crippen LogP contribution in [0.25, 0.3) is 0 Å². The molecule has 6 heteroatoms. The lowest BCUT2D eigenvalue weighted by Gasteiger charge is -2.13. The van der Waals surface area contributed by atoms with E-state index in [2.05, 4.69) is 5.32 Å². The van der Waals surface area contributed by atoms with Gasteiger partial charge in [0.15, 0.2) is 11.5 Å². The molecule has 1 aliphatic heterocycles.